The number of hydrogen-bond donors (Lipinski definition) is 1. The zero-order valence-electron chi connectivity index (χ0n) is 11.3. The van der Waals surface area contributed by atoms with Crippen molar-refractivity contribution in [3.8, 4) is 0 Å². The van der Waals surface area contributed by atoms with Crippen molar-refractivity contribution in [2.24, 2.45) is 0 Å². The monoisotopic (exact) mass is 242 g/mol. The van der Waals surface area contributed by atoms with Gasteiger partial charge in [0.05, 0.1) is 0 Å². The number of rotatable bonds is 6. The predicted molar refractivity (Wildman–Crippen MR) is 77.8 cm³/mol. The molecule has 1 aromatic heterocycles. The molecule has 0 aliphatic rings. The van der Waals surface area contributed by atoms with E-state index in [0.29, 0.717) is 6.04 Å². The first-order valence-electron chi connectivity index (χ1n) is 6.90. The minimum Gasteiger partial charge on any atom is -0.314 e. The second kappa shape index (κ2) is 6.50. The summed E-state index contributed by atoms with van der Waals surface area (Å²) in [6, 6.07) is 9.12. The maximum atomic E-state index is 4.34. The number of pyridine rings is 1. The molecule has 0 aliphatic heterocycles. The van der Waals surface area contributed by atoms with E-state index in [4.69, 9.17) is 0 Å². The number of nitrogens with one attached hydrogen (secondary N) is 1. The van der Waals surface area contributed by atoms with Gasteiger partial charge in [0.15, 0.2) is 0 Å². The Labute approximate surface area is 109 Å². The molecule has 0 spiro atoms. The topological polar surface area (TPSA) is 24.9 Å². The third kappa shape index (κ3) is 3.08. The zero-order valence-corrected chi connectivity index (χ0v) is 11.3. The smallest absolute Gasteiger partial charge is 0.0346 e. The lowest BCUT2D eigenvalue weighted by molar-refractivity contribution is 0.481. The first-order chi connectivity index (χ1) is 8.85. The lowest BCUT2D eigenvalue weighted by Gasteiger charge is -2.16. The van der Waals surface area contributed by atoms with Gasteiger partial charge in [0.1, 0.15) is 0 Å². The van der Waals surface area contributed by atoms with Crippen LogP contribution in [0.5, 0.6) is 0 Å². The molecule has 2 heteroatoms. The van der Waals surface area contributed by atoms with Crippen LogP contribution in [0.15, 0.2) is 36.7 Å². The molecule has 2 rings (SSSR count). The normalized spacial score (nSPS) is 12.8. The van der Waals surface area contributed by atoms with Crippen LogP contribution in [0.1, 0.15) is 32.3 Å². The standard InChI is InChI=1S/C16H22N2/c1-3-15(18-4-2)10-9-14-12-17-11-13-7-5-6-8-16(13)14/h5-8,11-12,15,18H,3-4,9-10H2,1-2H3. The maximum Gasteiger partial charge on any atom is 0.0346 e. The summed E-state index contributed by atoms with van der Waals surface area (Å²) in [6.45, 7) is 5.46. The fourth-order valence-electron chi connectivity index (χ4n) is 2.45. The molecule has 18 heavy (non-hydrogen) atoms. The Balaban J connectivity index is 2.11. The van der Waals surface area contributed by atoms with Crippen LogP contribution in [-0.4, -0.2) is 17.6 Å². The number of nitrogens with zero attached hydrogens (tertiary/aromatic N) is 1. The van der Waals surface area contributed by atoms with E-state index in [1.165, 1.54) is 29.2 Å². The molecule has 96 valence electrons. The molecule has 0 bridgehead atoms. The highest BCUT2D eigenvalue weighted by molar-refractivity contribution is 5.84. The van der Waals surface area contributed by atoms with Gasteiger partial charge in [-0.2, -0.15) is 0 Å². The van der Waals surface area contributed by atoms with Crippen molar-refractivity contribution in [3.63, 3.8) is 0 Å². The highest BCUT2D eigenvalue weighted by Gasteiger charge is 2.06. The number of benzene rings is 1. The lowest BCUT2D eigenvalue weighted by Crippen LogP contribution is -2.28. The summed E-state index contributed by atoms with van der Waals surface area (Å²) >= 11 is 0. The molecule has 0 aliphatic carbocycles. The fourth-order valence-corrected chi connectivity index (χ4v) is 2.45. The highest BCUT2D eigenvalue weighted by atomic mass is 14.9. The van der Waals surface area contributed by atoms with Crippen LogP contribution in [0.25, 0.3) is 10.8 Å². The van der Waals surface area contributed by atoms with Gasteiger partial charge in [-0.1, -0.05) is 38.1 Å². The number of aromatic nitrogens is 1. The third-order valence-electron chi connectivity index (χ3n) is 3.50. The van der Waals surface area contributed by atoms with Gasteiger partial charge in [-0.25, -0.2) is 0 Å². The molecule has 1 unspecified atom stereocenters. The van der Waals surface area contributed by atoms with Gasteiger partial charge in [-0.05, 0) is 36.8 Å². The quantitative estimate of drug-likeness (QED) is 0.838. The van der Waals surface area contributed by atoms with E-state index in [2.05, 4.69) is 48.4 Å². The highest BCUT2D eigenvalue weighted by Crippen LogP contribution is 2.19. The largest absolute Gasteiger partial charge is 0.314 e. The van der Waals surface area contributed by atoms with E-state index < -0.39 is 0 Å². The van der Waals surface area contributed by atoms with Crippen molar-refractivity contribution in [1.29, 1.82) is 0 Å². The second-order valence-corrected chi connectivity index (χ2v) is 4.72. The Morgan fingerprint density at radius 1 is 1.17 bits per heavy atom. The molecule has 0 amide bonds. The fraction of sp³-hybridized carbons (Fsp3) is 0.438. The van der Waals surface area contributed by atoms with E-state index in [0.717, 1.165) is 13.0 Å². The molecule has 0 radical (unpaired) electrons. The van der Waals surface area contributed by atoms with Crippen molar-refractivity contribution in [2.75, 3.05) is 6.54 Å². The molecule has 1 atom stereocenters. The van der Waals surface area contributed by atoms with Gasteiger partial charge in [0.25, 0.3) is 0 Å². The van der Waals surface area contributed by atoms with Crippen LogP contribution in [0.2, 0.25) is 0 Å². The van der Waals surface area contributed by atoms with E-state index >= 15 is 0 Å². The number of fused-ring (bicyclic) bond motifs is 1. The molecule has 0 saturated heterocycles. The minimum atomic E-state index is 0.619. The molecular weight excluding hydrogens is 220 g/mol. The summed E-state index contributed by atoms with van der Waals surface area (Å²) in [5.41, 5.74) is 1.37. The van der Waals surface area contributed by atoms with Crippen LogP contribution in [-0.2, 0) is 6.42 Å². The summed E-state index contributed by atoms with van der Waals surface area (Å²) in [7, 11) is 0. The molecular formula is C16H22N2. The van der Waals surface area contributed by atoms with Crippen LogP contribution >= 0.6 is 0 Å². The Kier molecular flexibility index (Phi) is 4.71. The average molecular weight is 242 g/mol. The molecule has 1 aromatic carbocycles. The zero-order chi connectivity index (χ0) is 12.8. The van der Waals surface area contributed by atoms with Gasteiger partial charge in [-0.15, -0.1) is 0 Å². The minimum absolute atomic E-state index is 0.619. The first kappa shape index (κ1) is 13.0. The average Bonchev–Trinajstić information content (AvgIpc) is 2.43. The molecule has 1 heterocycles. The lowest BCUT2D eigenvalue weighted by atomic mass is 10.0. The summed E-state index contributed by atoms with van der Waals surface area (Å²) < 4.78 is 0. The summed E-state index contributed by atoms with van der Waals surface area (Å²) in [6.07, 6.45) is 7.42. The van der Waals surface area contributed by atoms with Crippen molar-refractivity contribution in [3.05, 3.63) is 42.2 Å². The van der Waals surface area contributed by atoms with Crippen LogP contribution in [0.3, 0.4) is 0 Å². The summed E-state index contributed by atoms with van der Waals surface area (Å²) in [5.74, 6) is 0. The SMILES string of the molecule is CCNC(CC)CCc1cncc2ccccc12. The first-order valence-corrected chi connectivity index (χ1v) is 6.90. The van der Waals surface area contributed by atoms with Gasteiger partial charge < -0.3 is 5.32 Å². The molecule has 0 saturated carbocycles. The van der Waals surface area contributed by atoms with Gasteiger partial charge in [-0.3, -0.25) is 4.98 Å². The molecule has 1 N–H and O–H groups in total. The molecule has 0 fully saturated rings. The molecule has 2 aromatic rings. The molecule has 2 nitrogen and oxygen atoms in total. The van der Waals surface area contributed by atoms with Gasteiger partial charge in [0.2, 0.25) is 0 Å². The summed E-state index contributed by atoms with van der Waals surface area (Å²) in [4.78, 5) is 4.34. The Morgan fingerprint density at radius 2 is 2.00 bits per heavy atom. The second-order valence-electron chi connectivity index (χ2n) is 4.72. The van der Waals surface area contributed by atoms with Gasteiger partial charge in [0, 0.05) is 23.8 Å². The Morgan fingerprint density at radius 3 is 2.78 bits per heavy atom. The van der Waals surface area contributed by atoms with Crippen LogP contribution in [0.4, 0.5) is 0 Å². The van der Waals surface area contributed by atoms with Crippen LogP contribution < -0.4 is 5.32 Å². The Hall–Kier alpha value is -1.41. The van der Waals surface area contributed by atoms with Crippen molar-refractivity contribution >= 4 is 10.8 Å². The summed E-state index contributed by atoms with van der Waals surface area (Å²) in [5, 5.41) is 6.12. The van der Waals surface area contributed by atoms with Crippen LogP contribution in [0, 0.1) is 0 Å². The predicted octanol–water partition coefficient (Wildman–Crippen LogP) is 3.56. The van der Waals surface area contributed by atoms with E-state index in [1.807, 2.05) is 12.4 Å². The van der Waals surface area contributed by atoms with Gasteiger partial charge >= 0.3 is 0 Å². The maximum absolute atomic E-state index is 4.34. The van der Waals surface area contributed by atoms with E-state index in [1.54, 1.807) is 0 Å². The Bertz CT molecular complexity index is 488. The third-order valence-corrected chi connectivity index (χ3v) is 3.50. The van der Waals surface area contributed by atoms with E-state index in [9.17, 15) is 0 Å². The van der Waals surface area contributed by atoms with Crippen molar-refractivity contribution < 1.29 is 0 Å². The number of aryl methyl sites for hydroxylation is 1. The van der Waals surface area contributed by atoms with E-state index in [-0.39, 0.29) is 0 Å². The van der Waals surface area contributed by atoms with Crippen molar-refractivity contribution in [2.45, 2.75) is 39.2 Å². The number of hydrogen-bond acceptors (Lipinski definition) is 2. The van der Waals surface area contributed by atoms with Crippen molar-refractivity contribution in [1.82, 2.24) is 10.3 Å².